The van der Waals surface area contributed by atoms with Crippen LogP contribution >= 0.6 is 0 Å². The minimum absolute atomic E-state index is 0.346. The molecule has 0 saturated carbocycles. The highest BCUT2D eigenvalue weighted by Crippen LogP contribution is 2.43. The van der Waals surface area contributed by atoms with Gasteiger partial charge in [0.25, 0.3) is 0 Å². The molecule has 29 heavy (non-hydrogen) atoms. The van der Waals surface area contributed by atoms with Gasteiger partial charge >= 0.3 is 11.9 Å². The zero-order chi connectivity index (χ0) is 21.8. The lowest BCUT2D eigenvalue weighted by atomic mass is 9.97. The van der Waals surface area contributed by atoms with E-state index in [0.29, 0.717) is 34.6 Å². The van der Waals surface area contributed by atoms with Crippen LogP contribution < -0.4 is 14.2 Å². The number of esters is 2. The van der Waals surface area contributed by atoms with Gasteiger partial charge in [-0.15, -0.1) is 0 Å². The largest absolute Gasteiger partial charge is 0.490 e. The van der Waals surface area contributed by atoms with E-state index in [1.54, 1.807) is 47.6 Å². The lowest BCUT2D eigenvalue weighted by molar-refractivity contribution is -0.143. The Kier molecular flexibility index (Phi) is 6.93. The van der Waals surface area contributed by atoms with Crippen LogP contribution in [-0.4, -0.2) is 18.5 Å². The fourth-order valence-corrected chi connectivity index (χ4v) is 2.41. The van der Waals surface area contributed by atoms with E-state index in [4.69, 9.17) is 14.2 Å². The van der Waals surface area contributed by atoms with Crippen LogP contribution in [0.1, 0.15) is 61.3 Å². The number of hydrogen-bond acceptors (Lipinski definition) is 5. The van der Waals surface area contributed by atoms with Crippen molar-refractivity contribution in [2.24, 2.45) is 10.8 Å². The highest BCUT2D eigenvalue weighted by atomic mass is 16.6. The highest BCUT2D eigenvalue weighted by molar-refractivity contribution is 5.98. The second kappa shape index (κ2) is 8.85. The maximum absolute atomic E-state index is 12.6. The molecule has 0 heterocycles. The van der Waals surface area contributed by atoms with Crippen molar-refractivity contribution in [2.45, 2.75) is 61.3 Å². The molecule has 0 N–H and O–H groups in total. The fraction of sp³-hybridized carbons (Fsp3) is 0.500. The maximum atomic E-state index is 12.6. The lowest BCUT2D eigenvalue weighted by Gasteiger charge is -2.22. The minimum atomic E-state index is -0.667. The first-order valence-electron chi connectivity index (χ1n) is 10.1. The third-order valence-corrected chi connectivity index (χ3v) is 4.30. The number of rotatable bonds is 6. The Morgan fingerprint density at radius 2 is 1.38 bits per heavy atom. The standard InChI is InChI=1S/C24H32O5/c1-8-9-14-27-19-15-18(28-21(25)23(2,3)4)16-12-10-11-13-17(16)20(19)29-22(26)24(5,6)7/h10-13,15H,8-9,14H2,1-7H3. The summed E-state index contributed by atoms with van der Waals surface area (Å²) in [5, 5.41) is 1.35. The monoisotopic (exact) mass is 400 g/mol. The molecular weight excluding hydrogens is 368 g/mol. The average Bonchev–Trinajstić information content (AvgIpc) is 2.62. The van der Waals surface area contributed by atoms with Gasteiger partial charge in [-0.3, -0.25) is 9.59 Å². The van der Waals surface area contributed by atoms with Gasteiger partial charge in [0.15, 0.2) is 11.5 Å². The fourth-order valence-electron chi connectivity index (χ4n) is 2.41. The summed E-state index contributed by atoms with van der Waals surface area (Å²) in [4.78, 5) is 25.1. The third-order valence-electron chi connectivity index (χ3n) is 4.30. The molecule has 0 aliphatic rings. The van der Waals surface area contributed by atoms with Crippen molar-refractivity contribution in [2.75, 3.05) is 6.61 Å². The SMILES string of the molecule is CCCCOc1cc(OC(=O)C(C)(C)C)c2ccccc2c1OC(=O)C(C)(C)C. The number of benzene rings is 2. The van der Waals surface area contributed by atoms with Crippen LogP contribution in [-0.2, 0) is 9.59 Å². The summed E-state index contributed by atoms with van der Waals surface area (Å²) in [6.45, 7) is 13.3. The van der Waals surface area contributed by atoms with Gasteiger partial charge in [0.05, 0.1) is 17.4 Å². The number of ether oxygens (including phenoxy) is 3. The molecule has 0 fully saturated rings. The van der Waals surface area contributed by atoms with Crippen LogP contribution in [0.4, 0.5) is 0 Å². The maximum Gasteiger partial charge on any atom is 0.316 e. The molecule has 0 saturated heterocycles. The molecule has 2 aromatic carbocycles. The Bertz CT molecular complexity index is 885. The molecule has 2 rings (SSSR count). The summed E-state index contributed by atoms with van der Waals surface area (Å²) in [5.41, 5.74) is -1.32. The number of carbonyl (C=O) groups is 2. The summed E-state index contributed by atoms with van der Waals surface area (Å²) in [5.74, 6) is 0.435. The second-order valence-electron chi connectivity index (χ2n) is 9.23. The first kappa shape index (κ1) is 22.7. The summed E-state index contributed by atoms with van der Waals surface area (Å²) in [6, 6.07) is 9.02. The van der Waals surface area contributed by atoms with Gasteiger partial charge in [-0.1, -0.05) is 37.6 Å². The molecule has 0 unspecified atom stereocenters. The van der Waals surface area contributed by atoms with Gasteiger partial charge in [-0.05, 0) is 48.0 Å². The zero-order valence-corrected chi connectivity index (χ0v) is 18.5. The molecule has 0 amide bonds. The van der Waals surface area contributed by atoms with Crippen molar-refractivity contribution in [3.63, 3.8) is 0 Å². The van der Waals surface area contributed by atoms with E-state index in [1.165, 1.54) is 0 Å². The molecule has 0 bridgehead atoms. The first-order chi connectivity index (χ1) is 13.4. The first-order valence-corrected chi connectivity index (χ1v) is 10.1. The van der Waals surface area contributed by atoms with Crippen LogP contribution in [0.5, 0.6) is 17.2 Å². The van der Waals surface area contributed by atoms with Crippen LogP contribution in [0.15, 0.2) is 30.3 Å². The molecule has 5 nitrogen and oxygen atoms in total. The van der Waals surface area contributed by atoms with Crippen molar-refractivity contribution >= 4 is 22.7 Å². The summed E-state index contributed by atoms with van der Waals surface area (Å²) >= 11 is 0. The third kappa shape index (κ3) is 5.72. The predicted octanol–water partition coefficient (Wildman–Crippen LogP) is 5.92. The molecule has 2 aromatic rings. The molecule has 158 valence electrons. The number of hydrogen-bond donors (Lipinski definition) is 0. The second-order valence-corrected chi connectivity index (χ2v) is 9.23. The molecule has 0 aromatic heterocycles. The Balaban J connectivity index is 2.60. The molecule has 0 radical (unpaired) electrons. The minimum Gasteiger partial charge on any atom is -0.490 e. The van der Waals surface area contributed by atoms with E-state index < -0.39 is 10.8 Å². The van der Waals surface area contributed by atoms with Crippen LogP contribution in [0, 0.1) is 10.8 Å². The number of carbonyl (C=O) groups excluding carboxylic acids is 2. The van der Waals surface area contributed by atoms with E-state index in [2.05, 4.69) is 6.92 Å². The number of fused-ring (bicyclic) bond motifs is 1. The topological polar surface area (TPSA) is 61.8 Å². The zero-order valence-electron chi connectivity index (χ0n) is 18.5. The van der Waals surface area contributed by atoms with Crippen LogP contribution in [0.25, 0.3) is 10.8 Å². The molecule has 5 heteroatoms. The summed E-state index contributed by atoms with van der Waals surface area (Å²) < 4.78 is 17.4. The van der Waals surface area contributed by atoms with E-state index in [0.717, 1.165) is 12.8 Å². The molecular formula is C24H32O5. The Hall–Kier alpha value is -2.56. The van der Waals surface area contributed by atoms with E-state index in [-0.39, 0.29) is 11.9 Å². The van der Waals surface area contributed by atoms with E-state index in [9.17, 15) is 9.59 Å². The van der Waals surface area contributed by atoms with Gasteiger partial charge in [0, 0.05) is 16.8 Å². The summed E-state index contributed by atoms with van der Waals surface area (Å²) in [6.07, 6.45) is 1.83. The molecule has 0 spiro atoms. The van der Waals surface area contributed by atoms with Gasteiger partial charge < -0.3 is 14.2 Å². The van der Waals surface area contributed by atoms with Crippen molar-refractivity contribution in [3.05, 3.63) is 30.3 Å². The van der Waals surface area contributed by atoms with E-state index >= 15 is 0 Å². The molecule has 0 atom stereocenters. The number of unbranched alkanes of at least 4 members (excludes halogenated alkanes) is 1. The lowest BCUT2D eigenvalue weighted by Crippen LogP contribution is -2.26. The average molecular weight is 401 g/mol. The van der Waals surface area contributed by atoms with E-state index in [1.807, 2.05) is 24.3 Å². The summed E-state index contributed by atoms with van der Waals surface area (Å²) in [7, 11) is 0. The van der Waals surface area contributed by atoms with Crippen LogP contribution in [0.3, 0.4) is 0 Å². The van der Waals surface area contributed by atoms with Crippen LogP contribution in [0.2, 0.25) is 0 Å². The Morgan fingerprint density at radius 3 is 1.93 bits per heavy atom. The van der Waals surface area contributed by atoms with Crippen molar-refractivity contribution in [3.8, 4) is 17.2 Å². The normalized spacial score (nSPS) is 12.0. The van der Waals surface area contributed by atoms with Crippen molar-refractivity contribution in [1.82, 2.24) is 0 Å². The smallest absolute Gasteiger partial charge is 0.316 e. The Morgan fingerprint density at radius 1 is 0.828 bits per heavy atom. The predicted molar refractivity (Wildman–Crippen MR) is 115 cm³/mol. The van der Waals surface area contributed by atoms with Gasteiger partial charge in [0.1, 0.15) is 5.75 Å². The van der Waals surface area contributed by atoms with Gasteiger partial charge in [-0.2, -0.15) is 0 Å². The quantitative estimate of drug-likeness (QED) is 0.342. The van der Waals surface area contributed by atoms with Crippen molar-refractivity contribution < 1.29 is 23.8 Å². The molecule has 0 aliphatic heterocycles. The highest BCUT2D eigenvalue weighted by Gasteiger charge is 2.29. The molecule has 0 aliphatic carbocycles. The van der Waals surface area contributed by atoms with Crippen molar-refractivity contribution in [1.29, 1.82) is 0 Å². The van der Waals surface area contributed by atoms with Gasteiger partial charge in [-0.25, -0.2) is 0 Å². The van der Waals surface area contributed by atoms with Gasteiger partial charge in [0.2, 0.25) is 0 Å². The Labute approximate surface area is 173 Å².